The summed E-state index contributed by atoms with van der Waals surface area (Å²) >= 11 is 1.12. The molecule has 0 atom stereocenters. The Bertz CT molecular complexity index is 1320. The minimum Gasteiger partial charge on any atom is -0.497 e. The van der Waals surface area contributed by atoms with Crippen molar-refractivity contribution in [3.8, 4) is 5.75 Å². The molecule has 0 aliphatic heterocycles. The predicted molar refractivity (Wildman–Crippen MR) is 117 cm³/mol. The van der Waals surface area contributed by atoms with E-state index < -0.39 is 20.7 Å². The molecule has 1 aromatic heterocycles. The molecule has 1 heterocycles. The number of rotatable bonds is 8. The Hall–Kier alpha value is -3.31. The van der Waals surface area contributed by atoms with Crippen LogP contribution in [0.3, 0.4) is 0 Å². The number of sulfone groups is 1. The van der Waals surface area contributed by atoms with Crippen LogP contribution in [-0.2, 0) is 21.2 Å². The highest BCUT2D eigenvalue weighted by Gasteiger charge is 2.17. The molecule has 3 rings (SSSR count). The lowest BCUT2D eigenvalue weighted by Crippen LogP contribution is -2.17. The van der Waals surface area contributed by atoms with E-state index in [4.69, 9.17) is 4.74 Å². The third-order valence-corrected chi connectivity index (χ3v) is 7.19. The van der Waals surface area contributed by atoms with E-state index >= 15 is 0 Å². The molecule has 0 radical (unpaired) electrons. The molecule has 9 nitrogen and oxygen atoms in total. The molecule has 0 spiro atoms. The summed E-state index contributed by atoms with van der Waals surface area (Å²) < 4.78 is 32.3. The summed E-state index contributed by atoms with van der Waals surface area (Å²) in [6.07, 6.45) is 1.32. The zero-order valence-electron chi connectivity index (χ0n) is 16.6. The van der Waals surface area contributed by atoms with Crippen LogP contribution in [0.4, 0.5) is 5.69 Å². The van der Waals surface area contributed by atoms with Crippen molar-refractivity contribution < 1.29 is 22.9 Å². The number of carbonyl (C=O) groups excluding carboxylic acids is 1. The zero-order chi connectivity index (χ0) is 22.6. The lowest BCUT2D eigenvalue weighted by atomic mass is 10.3. The number of nitrogens with zero attached hydrogens (tertiary/aromatic N) is 3. The second-order valence-corrected chi connectivity index (χ2v) is 9.56. The Morgan fingerprint density at radius 2 is 2.00 bits per heavy atom. The minimum atomic E-state index is -3.66. The second kappa shape index (κ2) is 9.23. The SMILES string of the molecule is C=CCn1c(=NC(=O)CCS(=O)(=O)c2ccc(OC)cc2)sc2cc([N+](=O)[O-])ccc21. The number of hydrogen-bond donors (Lipinski definition) is 0. The maximum absolute atomic E-state index is 12.5. The number of hydrogen-bond acceptors (Lipinski definition) is 7. The standard InChI is InChI=1S/C20H19N3O6S2/c1-3-11-22-17-9-4-14(23(25)26)13-18(17)30-20(22)21-19(24)10-12-31(27,28)16-7-5-15(29-2)6-8-16/h3-9,13H,1,10-12H2,2H3. The van der Waals surface area contributed by atoms with Gasteiger partial charge in [0.15, 0.2) is 14.6 Å². The lowest BCUT2D eigenvalue weighted by Gasteiger charge is -2.04. The van der Waals surface area contributed by atoms with Crippen molar-refractivity contribution >= 4 is 43.0 Å². The fraction of sp³-hybridized carbons (Fsp3) is 0.200. The van der Waals surface area contributed by atoms with Gasteiger partial charge in [-0.1, -0.05) is 17.4 Å². The van der Waals surface area contributed by atoms with E-state index in [1.165, 1.54) is 43.5 Å². The molecule has 162 valence electrons. The fourth-order valence-electron chi connectivity index (χ4n) is 2.85. The van der Waals surface area contributed by atoms with Crippen LogP contribution in [0.2, 0.25) is 0 Å². The molecule has 0 unspecified atom stereocenters. The van der Waals surface area contributed by atoms with Gasteiger partial charge in [-0.25, -0.2) is 8.42 Å². The number of fused-ring (bicyclic) bond motifs is 1. The van der Waals surface area contributed by atoms with Crippen LogP contribution in [0.5, 0.6) is 5.75 Å². The molecule has 0 fully saturated rings. The smallest absolute Gasteiger partial charge is 0.270 e. The van der Waals surface area contributed by atoms with Crippen molar-refractivity contribution in [3.05, 3.63) is 70.0 Å². The van der Waals surface area contributed by atoms with Crippen molar-refractivity contribution in [2.24, 2.45) is 4.99 Å². The van der Waals surface area contributed by atoms with Crippen LogP contribution in [0.15, 0.2) is 65.0 Å². The maximum Gasteiger partial charge on any atom is 0.270 e. The summed E-state index contributed by atoms with van der Waals surface area (Å²) in [6.45, 7) is 4.03. The summed E-state index contributed by atoms with van der Waals surface area (Å²) in [5.41, 5.74) is 0.607. The molecule has 2 aromatic carbocycles. The van der Waals surface area contributed by atoms with Crippen molar-refractivity contribution in [3.63, 3.8) is 0 Å². The van der Waals surface area contributed by atoms with E-state index in [0.29, 0.717) is 27.3 Å². The van der Waals surface area contributed by atoms with Gasteiger partial charge in [0.1, 0.15) is 5.75 Å². The van der Waals surface area contributed by atoms with Gasteiger partial charge in [-0.05, 0) is 30.3 Å². The Kier molecular flexibility index (Phi) is 6.66. The number of benzene rings is 2. The van der Waals surface area contributed by atoms with E-state index in [9.17, 15) is 23.3 Å². The Labute approximate surface area is 182 Å². The van der Waals surface area contributed by atoms with Crippen LogP contribution >= 0.6 is 11.3 Å². The summed E-state index contributed by atoms with van der Waals surface area (Å²) in [4.78, 5) is 27.4. The normalized spacial score (nSPS) is 12.1. The van der Waals surface area contributed by atoms with Gasteiger partial charge in [0.25, 0.3) is 5.69 Å². The molecule has 31 heavy (non-hydrogen) atoms. The molecule has 0 aliphatic carbocycles. The number of aromatic nitrogens is 1. The first kappa shape index (κ1) is 22.4. The molecule has 0 saturated carbocycles. The Balaban J connectivity index is 1.86. The molecule has 0 N–H and O–H groups in total. The number of non-ortho nitro benzene ring substituents is 1. The first-order chi connectivity index (χ1) is 14.7. The van der Waals surface area contributed by atoms with Crippen LogP contribution in [0.25, 0.3) is 10.2 Å². The van der Waals surface area contributed by atoms with Crippen molar-refractivity contribution in [2.75, 3.05) is 12.9 Å². The fourth-order valence-corrected chi connectivity index (χ4v) is 5.17. The summed E-state index contributed by atoms with van der Waals surface area (Å²) in [5.74, 6) is -0.461. The van der Waals surface area contributed by atoms with Crippen LogP contribution < -0.4 is 9.54 Å². The Morgan fingerprint density at radius 3 is 2.61 bits per heavy atom. The largest absolute Gasteiger partial charge is 0.497 e. The van der Waals surface area contributed by atoms with E-state index in [1.54, 1.807) is 16.7 Å². The third kappa shape index (κ3) is 5.06. The molecular formula is C20H19N3O6S2. The van der Waals surface area contributed by atoms with E-state index in [1.807, 2.05) is 0 Å². The highest BCUT2D eigenvalue weighted by atomic mass is 32.2. The molecule has 1 amide bonds. The van der Waals surface area contributed by atoms with Crippen LogP contribution in [0, 0.1) is 10.1 Å². The number of nitro groups is 1. The van der Waals surface area contributed by atoms with E-state index in [-0.39, 0.29) is 22.8 Å². The minimum absolute atomic E-state index is 0.0667. The molecule has 0 bridgehead atoms. The average Bonchev–Trinajstić information content (AvgIpc) is 3.09. The number of methoxy groups -OCH3 is 1. The van der Waals surface area contributed by atoms with Gasteiger partial charge in [-0.2, -0.15) is 4.99 Å². The van der Waals surface area contributed by atoms with Crippen molar-refractivity contribution in [1.82, 2.24) is 4.57 Å². The van der Waals surface area contributed by atoms with Crippen molar-refractivity contribution in [2.45, 2.75) is 17.9 Å². The van der Waals surface area contributed by atoms with Gasteiger partial charge in [0, 0.05) is 25.1 Å². The van der Waals surface area contributed by atoms with Crippen LogP contribution in [-0.4, -0.2) is 36.7 Å². The monoisotopic (exact) mass is 461 g/mol. The summed E-state index contributed by atoms with van der Waals surface area (Å²) in [7, 11) is -2.18. The second-order valence-electron chi connectivity index (χ2n) is 6.44. The number of amides is 1. The van der Waals surface area contributed by atoms with Gasteiger partial charge >= 0.3 is 0 Å². The third-order valence-electron chi connectivity index (χ3n) is 4.41. The first-order valence-electron chi connectivity index (χ1n) is 9.08. The van der Waals surface area contributed by atoms with Gasteiger partial charge in [-0.3, -0.25) is 14.9 Å². The molecule has 0 saturated heterocycles. The molecule has 0 aliphatic rings. The van der Waals surface area contributed by atoms with Gasteiger partial charge in [0.05, 0.1) is 32.9 Å². The number of carbonyl (C=O) groups is 1. The Morgan fingerprint density at radius 1 is 1.29 bits per heavy atom. The van der Waals surface area contributed by atoms with Gasteiger partial charge in [-0.15, -0.1) is 6.58 Å². The number of nitro benzene ring substituents is 1. The van der Waals surface area contributed by atoms with Crippen molar-refractivity contribution in [1.29, 1.82) is 0 Å². The molecular weight excluding hydrogens is 442 g/mol. The van der Waals surface area contributed by atoms with Crippen LogP contribution in [0.1, 0.15) is 6.42 Å². The predicted octanol–water partition coefficient (Wildman–Crippen LogP) is 3.10. The van der Waals surface area contributed by atoms with Gasteiger partial charge < -0.3 is 9.30 Å². The lowest BCUT2D eigenvalue weighted by molar-refractivity contribution is -0.384. The average molecular weight is 462 g/mol. The highest BCUT2D eigenvalue weighted by Crippen LogP contribution is 2.23. The quantitative estimate of drug-likeness (QED) is 0.289. The number of ether oxygens (including phenoxy) is 1. The maximum atomic E-state index is 12.5. The zero-order valence-corrected chi connectivity index (χ0v) is 18.2. The number of thiazole rings is 1. The highest BCUT2D eigenvalue weighted by molar-refractivity contribution is 7.91. The van der Waals surface area contributed by atoms with E-state index in [0.717, 1.165) is 11.3 Å². The number of allylic oxidation sites excluding steroid dienone is 1. The first-order valence-corrected chi connectivity index (χ1v) is 11.5. The van der Waals surface area contributed by atoms with E-state index in [2.05, 4.69) is 11.6 Å². The topological polar surface area (TPSA) is 121 Å². The molecule has 3 aromatic rings. The summed E-state index contributed by atoms with van der Waals surface area (Å²) in [6, 6.07) is 10.3. The summed E-state index contributed by atoms with van der Waals surface area (Å²) in [5, 5.41) is 11.0. The van der Waals surface area contributed by atoms with Gasteiger partial charge in [0.2, 0.25) is 5.91 Å². The molecule has 11 heteroatoms.